The van der Waals surface area contributed by atoms with Crippen LogP contribution in [0.1, 0.15) is 24.5 Å². The summed E-state index contributed by atoms with van der Waals surface area (Å²) in [6.45, 7) is 2.38. The van der Waals surface area contributed by atoms with Gasteiger partial charge in [0.15, 0.2) is 11.4 Å². The molecule has 0 aromatic heterocycles. The molecule has 12 heteroatoms. The van der Waals surface area contributed by atoms with E-state index in [1.165, 1.54) is 25.1 Å². The van der Waals surface area contributed by atoms with Gasteiger partial charge in [0.1, 0.15) is 22.8 Å². The van der Waals surface area contributed by atoms with Crippen LogP contribution in [0.2, 0.25) is 0 Å². The highest BCUT2D eigenvalue weighted by molar-refractivity contribution is 6.24. The molecule has 1 saturated carbocycles. The smallest absolute Gasteiger partial charge is 0.255 e. The lowest BCUT2D eigenvalue weighted by atomic mass is 9.57. The fourth-order valence-electron chi connectivity index (χ4n) is 5.75. The second kappa shape index (κ2) is 9.29. The largest absolute Gasteiger partial charge is 0.508 e. The van der Waals surface area contributed by atoms with Crippen LogP contribution in [0.15, 0.2) is 29.0 Å². The number of amides is 2. The Kier molecular flexibility index (Phi) is 6.61. The molecule has 198 valence electrons. The topological polar surface area (TPSA) is 203 Å². The Morgan fingerprint density at radius 2 is 1.86 bits per heavy atom. The standard InChI is InChI=1S/C25H30N4O8/c1-4-27-9-14(30)28-13-6-5-10-7-11-8-12-18(29(2)3)21(33)17(24(26)36)23(35)25(12,37)22(34)16(11)20(32)15(10)19(13)31/h5-6,11-12,18,27,31-32,35,37H,4,7-9H2,1-3H3,(H2,26,36)(H,28,30)/t11?,12?,18-,25?/m0/s1. The molecule has 0 spiro atoms. The highest BCUT2D eigenvalue weighted by Gasteiger charge is 2.64. The van der Waals surface area contributed by atoms with Crippen LogP contribution in [-0.2, 0) is 25.6 Å². The van der Waals surface area contributed by atoms with Gasteiger partial charge in [-0.15, -0.1) is 0 Å². The number of benzene rings is 1. The number of aliphatic hydroxyl groups excluding tert-OH is 2. The van der Waals surface area contributed by atoms with Gasteiger partial charge in [-0.3, -0.25) is 24.1 Å². The van der Waals surface area contributed by atoms with Crippen LogP contribution >= 0.6 is 0 Å². The number of primary amides is 1. The van der Waals surface area contributed by atoms with E-state index in [4.69, 9.17) is 5.73 Å². The zero-order valence-corrected chi connectivity index (χ0v) is 20.7. The second-order valence-corrected chi connectivity index (χ2v) is 9.79. The average molecular weight is 515 g/mol. The first-order valence-corrected chi connectivity index (χ1v) is 11.9. The number of nitrogens with two attached hydrogens (primary N) is 1. The third-order valence-electron chi connectivity index (χ3n) is 7.40. The van der Waals surface area contributed by atoms with E-state index in [9.17, 15) is 39.6 Å². The predicted octanol–water partition coefficient (Wildman–Crippen LogP) is -0.488. The number of anilines is 1. The number of aromatic hydroxyl groups is 1. The molecule has 4 atom stereocenters. The summed E-state index contributed by atoms with van der Waals surface area (Å²) in [5.74, 6) is -7.63. The number of phenols is 1. The SMILES string of the molecule is CCNCC(=O)Nc1ccc2c(c1O)C(O)=C1C(=O)C3(O)C(O)=C(C(N)=O)C(=O)[C@@H](N(C)C)C3CC1C2. The van der Waals surface area contributed by atoms with Gasteiger partial charge in [-0.05, 0) is 51.0 Å². The molecule has 1 fully saturated rings. The first-order valence-electron chi connectivity index (χ1n) is 11.9. The lowest BCUT2D eigenvalue weighted by Crippen LogP contribution is -2.65. The van der Waals surface area contributed by atoms with Gasteiger partial charge < -0.3 is 36.8 Å². The molecule has 1 aromatic rings. The van der Waals surface area contributed by atoms with Crippen LogP contribution in [0.3, 0.4) is 0 Å². The second-order valence-electron chi connectivity index (χ2n) is 9.79. The van der Waals surface area contributed by atoms with Crippen molar-refractivity contribution >= 4 is 34.8 Å². The maximum Gasteiger partial charge on any atom is 0.255 e. The molecule has 0 bridgehead atoms. The third-order valence-corrected chi connectivity index (χ3v) is 7.40. The summed E-state index contributed by atoms with van der Waals surface area (Å²) in [4.78, 5) is 52.4. The van der Waals surface area contributed by atoms with Gasteiger partial charge in [0.05, 0.1) is 23.8 Å². The fourth-order valence-corrected chi connectivity index (χ4v) is 5.75. The molecule has 0 heterocycles. The number of hydrogen-bond acceptors (Lipinski definition) is 10. The van der Waals surface area contributed by atoms with E-state index >= 15 is 0 Å². The Hall–Kier alpha value is -3.74. The van der Waals surface area contributed by atoms with Crippen molar-refractivity contribution in [1.29, 1.82) is 0 Å². The van der Waals surface area contributed by atoms with E-state index in [1.54, 1.807) is 6.07 Å². The number of ketones is 2. The van der Waals surface area contributed by atoms with Crippen LogP contribution in [-0.4, -0.2) is 87.5 Å². The monoisotopic (exact) mass is 514 g/mol. The van der Waals surface area contributed by atoms with E-state index in [-0.39, 0.29) is 36.2 Å². The van der Waals surface area contributed by atoms with Crippen molar-refractivity contribution in [2.75, 3.05) is 32.5 Å². The molecule has 3 aliphatic rings. The molecule has 8 N–H and O–H groups in total. The molecule has 0 saturated heterocycles. The Labute approximate surface area is 212 Å². The zero-order valence-electron chi connectivity index (χ0n) is 20.7. The number of nitrogens with zero attached hydrogens (tertiary/aromatic N) is 1. The number of carbonyl (C=O) groups is 4. The number of aliphatic hydroxyl groups is 3. The van der Waals surface area contributed by atoms with Gasteiger partial charge in [-0.1, -0.05) is 13.0 Å². The normalized spacial score (nSPS) is 27.1. The molecule has 12 nitrogen and oxygen atoms in total. The minimum absolute atomic E-state index is 0.00531. The van der Waals surface area contributed by atoms with Crippen molar-refractivity contribution in [2.45, 2.75) is 31.4 Å². The lowest BCUT2D eigenvalue weighted by Gasteiger charge is -2.50. The molecule has 4 rings (SSSR count). The molecule has 3 unspecified atom stereocenters. The molecule has 2 amide bonds. The molecular formula is C25H30N4O8. The van der Waals surface area contributed by atoms with Gasteiger partial charge in [0.25, 0.3) is 5.91 Å². The van der Waals surface area contributed by atoms with E-state index in [0.29, 0.717) is 12.1 Å². The number of Topliss-reactive ketones (excluding diaryl/α,β-unsaturated/α-hetero) is 2. The zero-order chi connectivity index (χ0) is 27.4. The van der Waals surface area contributed by atoms with Crippen molar-refractivity contribution < 1.29 is 39.6 Å². The fraction of sp³-hybridized carbons (Fsp3) is 0.440. The third kappa shape index (κ3) is 3.88. The van der Waals surface area contributed by atoms with Crippen LogP contribution in [0.25, 0.3) is 5.76 Å². The first kappa shape index (κ1) is 26.3. The number of likely N-dealkylation sites (N-methyl/N-ethyl adjacent to an activating group) is 2. The number of fused-ring (bicyclic) bond motifs is 3. The van der Waals surface area contributed by atoms with Crippen LogP contribution in [0.5, 0.6) is 5.75 Å². The lowest BCUT2D eigenvalue weighted by molar-refractivity contribution is -0.153. The summed E-state index contributed by atoms with van der Waals surface area (Å²) >= 11 is 0. The molecule has 37 heavy (non-hydrogen) atoms. The summed E-state index contributed by atoms with van der Waals surface area (Å²) < 4.78 is 0. The number of carbonyl (C=O) groups excluding carboxylic acids is 4. The van der Waals surface area contributed by atoms with E-state index in [2.05, 4.69) is 10.6 Å². The molecule has 3 aliphatic carbocycles. The number of rotatable bonds is 6. The Morgan fingerprint density at radius 1 is 1.19 bits per heavy atom. The van der Waals surface area contributed by atoms with E-state index in [1.807, 2.05) is 6.92 Å². The van der Waals surface area contributed by atoms with Crippen LogP contribution < -0.4 is 16.4 Å². The van der Waals surface area contributed by atoms with Crippen molar-refractivity contribution in [3.05, 3.63) is 40.2 Å². The number of nitrogens with one attached hydrogen (secondary N) is 2. The highest BCUT2D eigenvalue weighted by Crippen LogP contribution is 2.53. The first-order chi connectivity index (χ1) is 17.4. The highest BCUT2D eigenvalue weighted by atomic mass is 16.3. The van der Waals surface area contributed by atoms with Crippen molar-refractivity contribution in [1.82, 2.24) is 10.2 Å². The molecule has 1 aromatic carbocycles. The molecular weight excluding hydrogens is 484 g/mol. The van der Waals surface area contributed by atoms with Gasteiger partial charge in [0, 0.05) is 11.5 Å². The Morgan fingerprint density at radius 3 is 2.46 bits per heavy atom. The van der Waals surface area contributed by atoms with Crippen LogP contribution in [0, 0.1) is 11.8 Å². The maximum atomic E-state index is 13.8. The van der Waals surface area contributed by atoms with Gasteiger partial charge in [-0.25, -0.2) is 0 Å². The summed E-state index contributed by atoms with van der Waals surface area (Å²) in [5, 5.41) is 49.9. The average Bonchev–Trinajstić information content (AvgIpc) is 2.81. The molecule has 0 aliphatic heterocycles. The Bertz CT molecular complexity index is 1280. The summed E-state index contributed by atoms with van der Waals surface area (Å²) in [6.07, 6.45) is 0.182. The number of hydrogen-bond donors (Lipinski definition) is 7. The Balaban J connectivity index is 1.85. The summed E-state index contributed by atoms with van der Waals surface area (Å²) in [5.41, 5.74) is 1.92. The van der Waals surface area contributed by atoms with Crippen LogP contribution in [0.4, 0.5) is 5.69 Å². The quantitative estimate of drug-likeness (QED) is 0.192. The maximum absolute atomic E-state index is 13.8. The van der Waals surface area contributed by atoms with E-state index < -0.39 is 69.7 Å². The molecule has 0 radical (unpaired) electrons. The van der Waals surface area contributed by atoms with Gasteiger partial charge in [-0.2, -0.15) is 0 Å². The minimum atomic E-state index is -2.70. The van der Waals surface area contributed by atoms with Crippen molar-refractivity contribution in [3.63, 3.8) is 0 Å². The van der Waals surface area contributed by atoms with Gasteiger partial charge >= 0.3 is 0 Å². The number of phenolic OH excluding ortho intramolecular Hbond substituents is 1. The summed E-state index contributed by atoms with van der Waals surface area (Å²) in [7, 11) is 3.08. The van der Waals surface area contributed by atoms with Gasteiger partial charge in [0.2, 0.25) is 11.7 Å². The van der Waals surface area contributed by atoms with E-state index in [0.717, 1.165) is 0 Å². The van der Waals surface area contributed by atoms with Crippen molar-refractivity contribution in [2.24, 2.45) is 17.6 Å². The minimum Gasteiger partial charge on any atom is -0.508 e. The summed E-state index contributed by atoms with van der Waals surface area (Å²) in [6, 6.07) is 1.95. The predicted molar refractivity (Wildman–Crippen MR) is 131 cm³/mol. The van der Waals surface area contributed by atoms with Crippen molar-refractivity contribution in [3.8, 4) is 5.75 Å².